The minimum Gasteiger partial charge on any atom is -0.299 e. The van der Waals surface area contributed by atoms with E-state index >= 15 is 0 Å². The highest BCUT2D eigenvalue weighted by Crippen LogP contribution is 2.29. The zero-order valence-electron chi connectivity index (χ0n) is 11.1. The molecule has 0 unspecified atom stereocenters. The van der Waals surface area contributed by atoms with Crippen LogP contribution in [0.5, 0.6) is 0 Å². The lowest BCUT2D eigenvalue weighted by Crippen LogP contribution is -2.40. The maximum Gasteiger partial charge on any atom is 0.226 e. The fraction of sp³-hybridized carbons (Fsp3) is 0.714. The number of carbonyl (C=O) groups is 4. The molecule has 1 saturated carbocycles. The van der Waals surface area contributed by atoms with Crippen molar-refractivity contribution >= 4 is 23.4 Å². The molecule has 0 bridgehead atoms. The Balaban J connectivity index is 1.94. The van der Waals surface area contributed by atoms with Crippen LogP contribution in [-0.4, -0.2) is 23.4 Å². The number of ketones is 2. The van der Waals surface area contributed by atoms with Crippen LogP contribution in [0.25, 0.3) is 0 Å². The summed E-state index contributed by atoms with van der Waals surface area (Å²) in [4.78, 5) is 46.5. The summed E-state index contributed by atoms with van der Waals surface area (Å²) in [5.41, 5.74) is 0. The van der Waals surface area contributed by atoms with E-state index in [-0.39, 0.29) is 48.6 Å². The van der Waals surface area contributed by atoms with Gasteiger partial charge in [-0.1, -0.05) is 6.92 Å². The van der Waals surface area contributed by atoms with Crippen LogP contribution in [0.2, 0.25) is 0 Å². The summed E-state index contributed by atoms with van der Waals surface area (Å²) in [5, 5.41) is 2.22. The van der Waals surface area contributed by atoms with Gasteiger partial charge in [-0.15, -0.1) is 0 Å². The van der Waals surface area contributed by atoms with Gasteiger partial charge in [0.05, 0.1) is 5.92 Å². The first kappa shape index (κ1) is 13.9. The first-order chi connectivity index (χ1) is 8.95. The first-order valence-electron chi connectivity index (χ1n) is 6.83. The number of amides is 2. The van der Waals surface area contributed by atoms with Crippen LogP contribution < -0.4 is 5.32 Å². The van der Waals surface area contributed by atoms with Crippen LogP contribution in [0.4, 0.5) is 0 Å². The number of Topliss-reactive ketones (excluding diaryl/α,β-unsaturated/α-hetero) is 2. The number of nitrogens with one attached hydrogen (secondary N) is 1. The van der Waals surface area contributed by atoms with Gasteiger partial charge in [-0.2, -0.15) is 0 Å². The molecule has 2 aliphatic rings. The Labute approximate surface area is 112 Å². The molecule has 0 aromatic rings. The molecule has 0 radical (unpaired) electrons. The van der Waals surface area contributed by atoms with Crippen molar-refractivity contribution in [3.05, 3.63) is 0 Å². The molecular formula is C14H19NO4. The summed E-state index contributed by atoms with van der Waals surface area (Å²) >= 11 is 0. The normalized spacial score (nSPS) is 29.2. The van der Waals surface area contributed by atoms with Gasteiger partial charge in [0.15, 0.2) is 0 Å². The lowest BCUT2D eigenvalue weighted by molar-refractivity contribution is -0.137. The van der Waals surface area contributed by atoms with E-state index in [2.05, 4.69) is 5.32 Å². The average molecular weight is 265 g/mol. The predicted molar refractivity (Wildman–Crippen MR) is 67.0 cm³/mol. The van der Waals surface area contributed by atoms with Gasteiger partial charge >= 0.3 is 0 Å². The van der Waals surface area contributed by atoms with E-state index in [1.54, 1.807) is 0 Å². The van der Waals surface area contributed by atoms with Gasteiger partial charge in [-0.05, 0) is 24.7 Å². The summed E-state index contributed by atoms with van der Waals surface area (Å²) in [6, 6.07) is 0. The quantitative estimate of drug-likeness (QED) is 0.610. The van der Waals surface area contributed by atoms with Gasteiger partial charge in [-0.3, -0.25) is 24.5 Å². The molecule has 1 N–H and O–H groups in total. The number of piperidine rings is 1. The van der Waals surface area contributed by atoms with Crippen LogP contribution >= 0.6 is 0 Å². The average Bonchev–Trinajstić information content (AvgIpc) is 2.30. The first-order valence-corrected chi connectivity index (χ1v) is 6.83. The molecule has 2 amide bonds. The molecule has 1 aliphatic heterocycles. The van der Waals surface area contributed by atoms with E-state index in [0.29, 0.717) is 18.8 Å². The Morgan fingerprint density at radius 2 is 1.84 bits per heavy atom. The molecule has 0 aromatic carbocycles. The van der Waals surface area contributed by atoms with Gasteiger partial charge in [0.25, 0.3) is 0 Å². The molecule has 19 heavy (non-hydrogen) atoms. The summed E-state index contributed by atoms with van der Waals surface area (Å²) in [6.45, 7) is 2.05. The topological polar surface area (TPSA) is 80.3 Å². The highest BCUT2D eigenvalue weighted by molar-refractivity contribution is 6.04. The van der Waals surface area contributed by atoms with Gasteiger partial charge in [0.1, 0.15) is 11.6 Å². The Hall–Kier alpha value is -1.52. The molecule has 1 heterocycles. The molecule has 104 valence electrons. The minimum atomic E-state index is -0.510. The van der Waals surface area contributed by atoms with Crippen molar-refractivity contribution in [2.24, 2.45) is 17.8 Å². The molecule has 2 atom stereocenters. The van der Waals surface area contributed by atoms with Crippen LogP contribution in [0.3, 0.4) is 0 Å². The van der Waals surface area contributed by atoms with Gasteiger partial charge in [0.2, 0.25) is 11.8 Å². The van der Waals surface area contributed by atoms with Crippen molar-refractivity contribution in [3.63, 3.8) is 0 Å². The molecule has 1 aliphatic carbocycles. The zero-order valence-corrected chi connectivity index (χ0v) is 11.1. The molecule has 0 aromatic heterocycles. The molecular weight excluding hydrogens is 246 g/mol. The van der Waals surface area contributed by atoms with Gasteiger partial charge in [0, 0.05) is 25.7 Å². The van der Waals surface area contributed by atoms with Crippen LogP contribution in [0.1, 0.15) is 45.4 Å². The van der Waals surface area contributed by atoms with E-state index < -0.39 is 5.92 Å². The number of imide groups is 1. The SMILES string of the molecule is C[C@@H]1CCC(=O)[C@@H](C(=O)CC2CC(=O)NC(=O)C2)C1. The molecule has 1 saturated heterocycles. The zero-order chi connectivity index (χ0) is 14.0. The third-order valence-electron chi connectivity index (χ3n) is 4.02. The second-order valence-corrected chi connectivity index (χ2v) is 5.81. The second kappa shape index (κ2) is 5.63. The molecule has 5 nitrogen and oxygen atoms in total. The Bertz CT molecular complexity index is 413. The van der Waals surface area contributed by atoms with Crippen molar-refractivity contribution in [2.45, 2.75) is 45.4 Å². The third-order valence-corrected chi connectivity index (χ3v) is 4.02. The van der Waals surface area contributed by atoms with Crippen molar-refractivity contribution < 1.29 is 19.2 Å². The smallest absolute Gasteiger partial charge is 0.226 e. The van der Waals surface area contributed by atoms with E-state index in [1.807, 2.05) is 6.92 Å². The van der Waals surface area contributed by atoms with E-state index in [1.165, 1.54) is 0 Å². The minimum absolute atomic E-state index is 0.0229. The fourth-order valence-corrected chi connectivity index (χ4v) is 2.95. The van der Waals surface area contributed by atoms with Gasteiger partial charge < -0.3 is 0 Å². The highest BCUT2D eigenvalue weighted by Gasteiger charge is 2.34. The third kappa shape index (κ3) is 3.49. The van der Waals surface area contributed by atoms with Crippen molar-refractivity contribution in [3.8, 4) is 0 Å². The molecule has 0 spiro atoms. The van der Waals surface area contributed by atoms with Crippen LogP contribution in [0, 0.1) is 17.8 Å². The largest absolute Gasteiger partial charge is 0.299 e. The Morgan fingerprint density at radius 3 is 2.47 bits per heavy atom. The van der Waals surface area contributed by atoms with Gasteiger partial charge in [-0.25, -0.2) is 0 Å². The molecule has 2 fully saturated rings. The second-order valence-electron chi connectivity index (χ2n) is 5.81. The van der Waals surface area contributed by atoms with Crippen molar-refractivity contribution in [1.82, 2.24) is 5.32 Å². The summed E-state index contributed by atoms with van der Waals surface area (Å²) < 4.78 is 0. The number of hydrogen-bond acceptors (Lipinski definition) is 4. The Morgan fingerprint density at radius 1 is 1.21 bits per heavy atom. The van der Waals surface area contributed by atoms with E-state index in [9.17, 15) is 19.2 Å². The van der Waals surface area contributed by atoms with Crippen LogP contribution in [-0.2, 0) is 19.2 Å². The standard InChI is InChI=1S/C14H19NO4/c1-8-2-3-11(16)10(4-8)12(17)5-9-6-13(18)15-14(19)7-9/h8-10H,2-7H2,1H3,(H,15,18,19)/t8-,10+/m1/s1. The van der Waals surface area contributed by atoms with E-state index in [4.69, 9.17) is 0 Å². The number of hydrogen-bond donors (Lipinski definition) is 1. The number of rotatable bonds is 3. The lowest BCUT2D eigenvalue weighted by Gasteiger charge is -2.26. The maximum atomic E-state index is 12.2. The molecule has 5 heteroatoms. The summed E-state index contributed by atoms with van der Waals surface area (Å²) in [5.74, 6) is -1.07. The fourth-order valence-electron chi connectivity index (χ4n) is 2.95. The van der Waals surface area contributed by atoms with Crippen molar-refractivity contribution in [1.29, 1.82) is 0 Å². The van der Waals surface area contributed by atoms with Crippen LogP contribution in [0.15, 0.2) is 0 Å². The highest BCUT2D eigenvalue weighted by atomic mass is 16.2. The predicted octanol–water partition coefficient (Wildman–Crippen LogP) is 1.00. The van der Waals surface area contributed by atoms with E-state index in [0.717, 1.165) is 6.42 Å². The van der Waals surface area contributed by atoms with Crippen molar-refractivity contribution in [2.75, 3.05) is 0 Å². The summed E-state index contributed by atoms with van der Waals surface area (Å²) in [6.07, 6.45) is 2.52. The number of carbonyl (C=O) groups excluding carboxylic acids is 4. The monoisotopic (exact) mass is 265 g/mol. The lowest BCUT2D eigenvalue weighted by atomic mass is 9.76. The Kier molecular flexibility index (Phi) is 4.12. The molecule has 2 rings (SSSR count). The summed E-state index contributed by atoms with van der Waals surface area (Å²) in [7, 11) is 0. The maximum absolute atomic E-state index is 12.2.